The molecule has 0 saturated carbocycles. The second-order valence-electron chi connectivity index (χ2n) is 6.89. The van der Waals surface area contributed by atoms with E-state index in [9.17, 15) is 0 Å². The van der Waals surface area contributed by atoms with Crippen LogP contribution >= 0.6 is 11.8 Å². The molecule has 114 valence electrons. The van der Waals surface area contributed by atoms with Gasteiger partial charge in [0.2, 0.25) is 0 Å². The fraction of sp³-hybridized carbons (Fsp3) is 0.667. The average Bonchev–Trinajstić information content (AvgIpc) is 3.17. The van der Waals surface area contributed by atoms with E-state index < -0.39 is 0 Å². The summed E-state index contributed by atoms with van der Waals surface area (Å²) in [5.74, 6) is 0.942. The molecule has 4 rings (SSSR count). The third-order valence-electron chi connectivity index (χ3n) is 5.48. The number of nitrogens with zero attached hydrogens (tertiary/aromatic N) is 1. The number of hydrogen-bond donors (Lipinski definition) is 1. The summed E-state index contributed by atoms with van der Waals surface area (Å²) >= 11 is 2.10. The Hall–Kier alpha value is -0.510. The highest BCUT2D eigenvalue weighted by atomic mass is 32.2. The number of likely N-dealkylation sites (tertiary alicyclic amines) is 1. The Kier molecular flexibility index (Phi) is 4.24. The predicted molar refractivity (Wildman–Crippen MR) is 90.0 cm³/mol. The molecule has 0 radical (unpaired) electrons. The molecule has 2 fully saturated rings. The first kappa shape index (κ1) is 14.1. The summed E-state index contributed by atoms with van der Waals surface area (Å²) in [4.78, 5) is 4.24. The van der Waals surface area contributed by atoms with Crippen LogP contribution in [0.15, 0.2) is 29.2 Å². The highest BCUT2D eigenvalue weighted by Gasteiger charge is 2.30. The fourth-order valence-electron chi connectivity index (χ4n) is 4.30. The van der Waals surface area contributed by atoms with Crippen LogP contribution in [0.3, 0.4) is 0 Å². The van der Waals surface area contributed by atoms with E-state index in [1.165, 1.54) is 63.2 Å². The molecule has 1 N–H and O–H groups in total. The molecule has 0 aliphatic carbocycles. The second-order valence-corrected chi connectivity index (χ2v) is 8.23. The maximum absolute atomic E-state index is 3.70. The van der Waals surface area contributed by atoms with Gasteiger partial charge in [0.15, 0.2) is 0 Å². The zero-order chi connectivity index (χ0) is 14.1. The van der Waals surface area contributed by atoms with E-state index in [1.54, 1.807) is 5.56 Å². The molecule has 3 heterocycles. The van der Waals surface area contributed by atoms with Crippen LogP contribution < -0.4 is 5.32 Å². The van der Waals surface area contributed by atoms with Crippen LogP contribution in [0.5, 0.6) is 0 Å². The van der Waals surface area contributed by atoms with Crippen LogP contribution in [0.25, 0.3) is 0 Å². The SMILES string of the molecule is c1ccc2c(c1)CC(CN1CCC(C3CCCN3)CC1)S2. The number of fused-ring (bicyclic) bond motifs is 1. The van der Waals surface area contributed by atoms with Crippen LogP contribution in [-0.4, -0.2) is 42.4 Å². The van der Waals surface area contributed by atoms with Gasteiger partial charge in [0.05, 0.1) is 0 Å². The Morgan fingerprint density at radius 3 is 2.76 bits per heavy atom. The van der Waals surface area contributed by atoms with Crippen LogP contribution in [0.2, 0.25) is 0 Å². The smallest absolute Gasteiger partial charge is 0.0263 e. The molecule has 2 atom stereocenters. The molecule has 1 aromatic rings. The first-order chi connectivity index (χ1) is 10.4. The van der Waals surface area contributed by atoms with Crippen molar-refractivity contribution in [2.75, 3.05) is 26.2 Å². The predicted octanol–water partition coefficient (Wildman–Crippen LogP) is 3.17. The summed E-state index contributed by atoms with van der Waals surface area (Å²) in [6, 6.07) is 9.78. The van der Waals surface area contributed by atoms with Crippen molar-refractivity contribution in [2.24, 2.45) is 5.92 Å². The van der Waals surface area contributed by atoms with Gasteiger partial charge in [-0.05, 0) is 69.3 Å². The van der Waals surface area contributed by atoms with Crippen LogP contribution in [0.1, 0.15) is 31.2 Å². The van der Waals surface area contributed by atoms with Gasteiger partial charge >= 0.3 is 0 Å². The fourth-order valence-corrected chi connectivity index (χ4v) is 5.66. The zero-order valence-corrected chi connectivity index (χ0v) is 13.6. The summed E-state index contributed by atoms with van der Waals surface area (Å²) in [5.41, 5.74) is 1.57. The number of benzene rings is 1. The number of piperidine rings is 1. The number of rotatable bonds is 3. The van der Waals surface area contributed by atoms with E-state index in [2.05, 4.69) is 46.2 Å². The minimum atomic E-state index is 0.781. The van der Waals surface area contributed by atoms with Crippen molar-refractivity contribution in [3.8, 4) is 0 Å². The van der Waals surface area contributed by atoms with E-state index in [0.29, 0.717) is 0 Å². The Balaban J connectivity index is 1.26. The summed E-state index contributed by atoms with van der Waals surface area (Å²) in [5, 5.41) is 4.48. The Morgan fingerprint density at radius 2 is 2.00 bits per heavy atom. The third kappa shape index (κ3) is 3.15. The molecular formula is C18H26N2S. The topological polar surface area (TPSA) is 15.3 Å². The maximum atomic E-state index is 3.70. The van der Waals surface area contributed by atoms with Crippen molar-refractivity contribution >= 4 is 11.8 Å². The van der Waals surface area contributed by atoms with Gasteiger partial charge in [-0.3, -0.25) is 0 Å². The van der Waals surface area contributed by atoms with E-state index in [-0.39, 0.29) is 0 Å². The number of thioether (sulfide) groups is 1. The molecule has 0 bridgehead atoms. The first-order valence-corrected chi connectivity index (χ1v) is 9.47. The molecule has 3 heteroatoms. The van der Waals surface area contributed by atoms with Gasteiger partial charge < -0.3 is 10.2 Å². The van der Waals surface area contributed by atoms with Crippen molar-refractivity contribution in [3.05, 3.63) is 29.8 Å². The average molecular weight is 302 g/mol. The maximum Gasteiger partial charge on any atom is 0.0263 e. The highest BCUT2D eigenvalue weighted by molar-refractivity contribution is 8.00. The molecule has 1 aromatic carbocycles. The minimum Gasteiger partial charge on any atom is -0.314 e. The zero-order valence-electron chi connectivity index (χ0n) is 12.8. The van der Waals surface area contributed by atoms with Crippen molar-refractivity contribution in [1.82, 2.24) is 10.2 Å². The molecule has 0 spiro atoms. The van der Waals surface area contributed by atoms with Crippen LogP contribution in [0, 0.1) is 5.92 Å². The molecule has 2 nitrogen and oxygen atoms in total. The van der Waals surface area contributed by atoms with Gasteiger partial charge in [-0.25, -0.2) is 0 Å². The molecule has 3 aliphatic heterocycles. The number of nitrogens with one attached hydrogen (secondary N) is 1. The minimum absolute atomic E-state index is 0.781. The second kappa shape index (κ2) is 6.31. The third-order valence-corrected chi connectivity index (χ3v) is 6.78. The van der Waals surface area contributed by atoms with E-state index in [1.807, 2.05) is 0 Å². The van der Waals surface area contributed by atoms with Crippen molar-refractivity contribution in [2.45, 2.75) is 48.3 Å². The molecule has 2 saturated heterocycles. The van der Waals surface area contributed by atoms with Crippen molar-refractivity contribution in [1.29, 1.82) is 0 Å². The normalized spacial score (nSPS) is 30.7. The van der Waals surface area contributed by atoms with Crippen LogP contribution in [0.4, 0.5) is 0 Å². The molecule has 21 heavy (non-hydrogen) atoms. The van der Waals surface area contributed by atoms with Gasteiger partial charge in [0, 0.05) is 22.7 Å². The Bertz CT molecular complexity index is 451. The molecule has 3 aliphatic rings. The lowest BCUT2D eigenvalue weighted by molar-refractivity contribution is 0.164. The van der Waals surface area contributed by atoms with E-state index in [4.69, 9.17) is 0 Å². The van der Waals surface area contributed by atoms with E-state index in [0.717, 1.165) is 17.2 Å². The monoisotopic (exact) mass is 302 g/mol. The lowest BCUT2D eigenvalue weighted by Crippen LogP contribution is -2.42. The lowest BCUT2D eigenvalue weighted by atomic mass is 9.88. The van der Waals surface area contributed by atoms with Crippen molar-refractivity contribution in [3.63, 3.8) is 0 Å². The van der Waals surface area contributed by atoms with Gasteiger partial charge in [-0.2, -0.15) is 0 Å². The van der Waals surface area contributed by atoms with E-state index >= 15 is 0 Å². The molecule has 0 aromatic heterocycles. The summed E-state index contributed by atoms with van der Waals surface area (Å²) in [6.07, 6.45) is 6.88. The van der Waals surface area contributed by atoms with Crippen LogP contribution in [-0.2, 0) is 6.42 Å². The Labute approximate surface area is 132 Å². The molecule has 2 unspecified atom stereocenters. The Morgan fingerprint density at radius 1 is 1.14 bits per heavy atom. The lowest BCUT2D eigenvalue weighted by Gasteiger charge is -2.35. The first-order valence-electron chi connectivity index (χ1n) is 8.59. The number of hydrogen-bond acceptors (Lipinski definition) is 3. The molecular weight excluding hydrogens is 276 g/mol. The van der Waals surface area contributed by atoms with Gasteiger partial charge in [-0.1, -0.05) is 18.2 Å². The summed E-state index contributed by atoms with van der Waals surface area (Å²) < 4.78 is 0. The standard InChI is InChI=1S/C18H26N2S/c1-2-6-18-15(4-1)12-16(21-18)13-20-10-7-14(8-11-20)17-5-3-9-19-17/h1-2,4,6,14,16-17,19H,3,5,7-13H2. The quantitative estimate of drug-likeness (QED) is 0.923. The summed E-state index contributed by atoms with van der Waals surface area (Å²) in [7, 11) is 0. The largest absolute Gasteiger partial charge is 0.314 e. The van der Waals surface area contributed by atoms with Gasteiger partial charge in [0.25, 0.3) is 0 Å². The summed E-state index contributed by atoms with van der Waals surface area (Å²) in [6.45, 7) is 5.17. The van der Waals surface area contributed by atoms with Gasteiger partial charge in [-0.15, -0.1) is 11.8 Å². The highest BCUT2D eigenvalue weighted by Crippen LogP contribution is 2.37. The van der Waals surface area contributed by atoms with Gasteiger partial charge in [0.1, 0.15) is 0 Å². The molecule has 0 amide bonds. The van der Waals surface area contributed by atoms with Crippen molar-refractivity contribution < 1.29 is 0 Å².